The van der Waals surface area contributed by atoms with Gasteiger partial charge in [0.25, 0.3) is 0 Å². The average Bonchev–Trinajstić information content (AvgIpc) is 3.14. The third-order valence-electron chi connectivity index (χ3n) is 5.56. The molecule has 0 aliphatic heterocycles. The summed E-state index contributed by atoms with van der Waals surface area (Å²) < 4.78 is 10.3. The lowest BCUT2D eigenvalue weighted by molar-refractivity contribution is -0.139. The largest absolute Gasteiger partial charge is 0.480 e. The minimum atomic E-state index is -1.13. The van der Waals surface area contributed by atoms with E-state index < -0.39 is 24.2 Å². The third-order valence-corrected chi connectivity index (χ3v) is 5.56. The number of carboxylic acids is 1. The number of alkyl carbamates (subject to hydrolysis) is 2. The first-order valence-electron chi connectivity index (χ1n) is 11.3. The summed E-state index contributed by atoms with van der Waals surface area (Å²) in [6.45, 7) is 2.76. The normalized spacial score (nSPS) is 12.9. The van der Waals surface area contributed by atoms with E-state index in [0.717, 1.165) is 28.7 Å². The lowest BCUT2D eigenvalue weighted by Gasteiger charge is -2.17. The highest BCUT2D eigenvalue weighted by atomic mass is 16.6. The quantitative estimate of drug-likeness (QED) is 0.437. The number of carbonyl (C=O) groups is 3. The minimum Gasteiger partial charge on any atom is -0.480 e. The summed E-state index contributed by atoms with van der Waals surface area (Å²) in [6.07, 6.45) is 0.806. The van der Waals surface area contributed by atoms with Gasteiger partial charge in [0, 0.05) is 12.5 Å². The summed E-state index contributed by atoms with van der Waals surface area (Å²) in [7, 11) is 0. The molecule has 0 heterocycles. The number of aliphatic carboxylic acids is 1. The standard InChI is InChI=1S/C25H30N2O6/c1-2-15-32-24(30)26-14-8-7-13-22(23(28)29)27-25(31)33-16-21-19-11-5-3-9-17(19)18-10-4-6-12-20(18)21/h3-6,9-12,21-22H,2,7-8,13-16H2,1H3,(H,26,30)(H,27,31)(H,28,29). The number of rotatable bonds is 11. The summed E-state index contributed by atoms with van der Waals surface area (Å²) in [6, 6.07) is 14.9. The van der Waals surface area contributed by atoms with Gasteiger partial charge in [-0.15, -0.1) is 0 Å². The van der Waals surface area contributed by atoms with Gasteiger partial charge in [0.15, 0.2) is 0 Å². The van der Waals surface area contributed by atoms with Gasteiger partial charge in [0.2, 0.25) is 0 Å². The third kappa shape index (κ3) is 6.47. The van der Waals surface area contributed by atoms with Gasteiger partial charge in [0.05, 0.1) is 6.61 Å². The Morgan fingerprint density at radius 3 is 2.18 bits per heavy atom. The number of hydrogen-bond donors (Lipinski definition) is 3. The molecular weight excluding hydrogens is 424 g/mol. The fourth-order valence-electron chi connectivity index (χ4n) is 3.95. The number of nitrogens with one attached hydrogen (secondary N) is 2. The SMILES string of the molecule is CCCOC(=O)NCCCCC(NC(=O)OCC1c2ccccc2-c2ccccc21)C(=O)O. The highest BCUT2D eigenvalue weighted by Gasteiger charge is 2.29. The van der Waals surface area contributed by atoms with E-state index in [0.29, 0.717) is 26.0 Å². The van der Waals surface area contributed by atoms with Crippen molar-refractivity contribution < 1.29 is 29.0 Å². The maximum Gasteiger partial charge on any atom is 0.407 e. The Labute approximate surface area is 193 Å². The van der Waals surface area contributed by atoms with E-state index in [1.165, 1.54) is 0 Å². The zero-order valence-corrected chi connectivity index (χ0v) is 18.7. The molecule has 0 spiro atoms. The molecule has 1 aliphatic rings. The molecule has 3 rings (SSSR count). The van der Waals surface area contributed by atoms with Crippen molar-refractivity contribution in [1.29, 1.82) is 0 Å². The zero-order valence-electron chi connectivity index (χ0n) is 18.7. The molecule has 0 radical (unpaired) electrons. The molecule has 1 unspecified atom stereocenters. The second-order valence-electron chi connectivity index (χ2n) is 7.92. The molecule has 1 atom stereocenters. The molecule has 2 aromatic rings. The van der Waals surface area contributed by atoms with Gasteiger partial charge in [0.1, 0.15) is 12.6 Å². The van der Waals surface area contributed by atoms with E-state index in [2.05, 4.69) is 10.6 Å². The van der Waals surface area contributed by atoms with E-state index in [4.69, 9.17) is 9.47 Å². The molecule has 33 heavy (non-hydrogen) atoms. The maximum atomic E-state index is 12.3. The number of fused-ring (bicyclic) bond motifs is 3. The van der Waals surface area contributed by atoms with Crippen molar-refractivity contribution in [3.05, 3.63) is 59.7 Å². The van der Waals surface area contributed by atoms with Gasteiger partial charge < -0.3 is 25.2 Å². The molecule has 8 nitrogen and oxygen atoms in total. The van der Waals surface area contributed by atoms with Crippen molar-refractivity contribution in [2.75, 3.05) is 19.8 Å². The molecule has 0 fully saturated rings. The van der Waals surface area contributed by atoms with Gasteiger partial charge in [-0.25, -0.2) is 14.4 Å². The van der Waals surface area contributed by atoms with Crippen LogP contribution in [-0.2, 0) is 14.3 Å². The van der Waals surface area contributed by atoms with Crippen LogP contribution in [0.1, 0.15) is 49.7 Å². The van der Waals surface area contributed by atoms with Crippen LogP contribution in [0.15, 0.2) is 48.5 Å². The number of hydrogen-bond acceptors (Lipinski definition) is 5. The predicted molar refractivity (Wildman–Crippen MR) is 123 cm³/mol. The molecule has 2 aromatic carbocycles. The molecule has 0 saturated heterocycles. The Morgan fingerprint density at radius 2 is 1.58 bits per heavy atom. The molecule has 176 valence electrons. The fraction of sp³-hybridized carbons (Fsp3) is 0.400. The van der Waals surface area contributed by atoms with Crippen LogP contribution in [0.25, 0.3) is 11.1 Å². The molecule has 1 aliphatic carbocycles. The topological polar surface area (TPSA) is 114 Å². The second-order valence-corrected chi connectivity index (χ2v) is 7.92. The van der Waals surface area contributed by atoms with Gasteiger partial charge in [-0.3, -0.25) is 0 Å². The smallest absolute Gasteiger partial charge is 0.407 e. The van der Waals surface area contributed by atoms with E-state index in [9.17, 15) is 19.5 Å². The lowest BCUT2D eigenvalue weighted by Crippen LogP contribution is -2.41. The Morgan fingerprint density at radius 1 is 0.939 bits per heavy atom. The number of amides is 2. The molecule has 0 saturated carbocycles. The van der Waals surface area contributed by atoms with E-state index >= 15 is 0 Å². The zero-order chi connectivity index (χ0) is 23.6. The van der Waals surface area contributed by atoms with Gasteiger partial charge >= 0.3 is 18.2 Å². The monoisotopic (exact) mass is 454 g/mol. The predicted octanol–water partition coefficient (Wildman–Crippen LogP) is 4.28. The summed E-state index contributed by atoms with van der Waals surface area (Å²) in [4.78, 5) is 35.3. The summed E-state index contributed by atoms with van der Waals surface area (Å²) in [5.74, 6) is -1.22. The van der Waals surface area contributed by atoms with Crippen molar-refractivity contribution in [3.63, 3.8) is 0 Å². The van der Waals surface area contributed by atoms with Crippen LogP contribution >= 0.6 is 0 Å². The van der Waals surface area contributed by atoms with Crippen LogP contribution in [0.3, 0.4) is 0 Å². The molecule has 8 heteroatoms. The van der Waals surface area contributed by atoms with Crippen LogP contribution in [0.4, 0.5) is 9.59 Å². The van der Waals surface area contributed by atoms with E-state index in [1.54, 1.807) is 0 Å². The summed E-state index contributed by atoms with van der Waals surface area (Å²) >= 11 is 0. The summed E-state index contributed by atoms with van der Waals surface area (Å²) in [5.41, 5.74) is 4.42. The van der Waals surface area contributed by atoms with Crippen molar-refractivity contribution in [2.24, 2.45) is 0 Å². The number of benzene rings is 2. The Kier molecular flexibility index (Phi) is 8.69. The highest BCUT2D eigenvalue weighted by Crippen LogP contribution is 2.44. The first-order chi connectivity index (χ1) is 16.0. The van der Waals surface area contributed by atoms with Crippen LogP contribution < -0.4 is 10.6 Å². The lowest BCUT2D eigenvalue weighted by atomic mass is 9.98. The van der Waals surface area contributed by atoms with E-state index in [1.807, 2.05) is 55.5 Å². The van der Waals surface area contributed by atoms with Crippen molar-refractivity contribution in [3.8, 4) is 11.1 Å². The Hall–Kier alpha value is -3.55. The first kappa shape index (κ1) is 24.1. The molecule has 3 N–H and O–H groups in total. The molecule has 0 bridgehead atoms. The van der Waals surface area contributed by atoms with E-state index in [-0.39, 0.29) is 18.9 Å². The minimum absolute atomic E-state index is 0.0926. The van der Waals surface area contributed by atoms with Gasteiger partial charge in [-0.05, 0) is 47.9 Å². The molecule has 2 amide bonds. The van der Waals surface area contributed by atoms with Crippen molar-refractivity contribution in [1.82, 2.24) is 10.6 Å². The average molecular weight is 455 g/mol. The van der Waals surface area contributed by atoms with Gasteiger partial charge in [-0.2, -0.15) is 0 Å². The highest BCUT2D eigenvalue weighted by molar-refractivity contribution is 5.81. The summed E-state index contributed by atoms with van der Waals surface area (Å²) in [5, 5.41) is 14.5. The molecule has 0 aromatic heterocycles. The maximum absolute atomic E-state index is 12.3. The van der Waals surface area contributed by atoms with Crippen LogP contribution in [0, 0.1) is 0 Å². The van der Waals surface area contributed by atoms with Crippen LogP contribution in [0.5, 0.6) is 0 Å². The Balaban J connectivity index is 1.46. The second kappa shape index (κ2) is 11.9. The number of carbonyl (C=O) groups excluding carboxylic acids is 2. The number of ether oxygens (including phenoxy) is 2. The van der Waals surface area contributed by atoms with Crippen molar-refractivity contribution >= 4 is 18.2 Å². The van der Waals surface area contributed by atoms with Crippen LogP contribution in [-0.4, -0.2) is 49.1 Å². The number of carboxylic acid groups (broad SMARTS) is 1. The molecular formula is C25H30N2O6. The van der Waals surface area contributed by atoms with Crippen LogP contribution in [0.2, 0.25) is 0 Å². The Bertz CT molecular complexity index is 931. The van der Waals surface area contributed by atoms with Gasteiger partial charge in [-0.1, -0.05) is 55.5 Å². The van der Waals surface area contributed by atoms with Crippen molar-refractivity contribution in [2.45, 2.75) is 44.6 Å². The number of unbranched alkanes of at least 4 members (excludes halogenated alkanes) is 1. The fourth-order valence-corrected chi connectivity index (χ4v) is 3.95. The first-order valence-corrected chi connectivity index (χ1v) is 11.3.